The van der Waals surface area contributed by atoms with E-state index in [1.54, 1.807) is 0 Å². The van der Waals surface area contributed by atoms with Crippen LogP contribution in [-0.2, 0) is 0 Å². The van der Waals surface area contributed by atoms with Crippen LogP contribution in [-0.4, -0.2) is 6.61 Å². The molecule has 2 aromatic rings. The Labute approximate surface area is 131 Å². The van der Waals surface area contributed by atoms with Gasteiger partial charge in [0.1, 0.15) is 5.75 Å². The summed E-state index contributed by atoms with van der Waals surface area (Å²) in [7, 11) is 0. The maximum absolute atomic E-state index is 5.71. The minimum absolute atomic E-state index is 0.405. The number of hydrogen-bond donors (Lipinski definition) is 0. The summed E-state index contributed by atoms with van der Waals surface area (Å²) < 4.78 is 6.78. The van der Waals surface area contributed by atoms with Gasteiger partial charge in [-0.05, 0) is 42.7 Å². The van der Waals surface area contributed by atoms with Gasteiger partial charge in [0.05, 0.1) is 6.61 Å². The van der Waals surface area contributed by atoms with Crippen molar-refractivity contribution in [3.63, 3.8) is 0 Å². The monoisotopic (exact) mass is 382 g/mol. The van der Waals surface area contributed by atoms with E-state index in [1.165, 1.54) is 5.56 Å². The summed E-state index contributed by atoms with van der Waals surface area (Å²) in [4.78, 5) is 0.405. The van der Waals surface area contributed by atoms with Crippen LogP contribution in [0.5, 0.6) is 5.75 Å². The van der Waals surface area contributed by atoms with Crippen LogP contribution in [0.15, 0.2) is 59.1 Å². The van der Waals surface area contributed by atoms with Gasteiger partial charge in [-0.3, -0.25) is 0 Å². The SMILES string of the molecule is Brc1ccc(OCCCC(Br)c2ccccc2)cc1. The van der Waals surface area contributed by atoms with Gasteiger partial charge in [0.25, 0.3) is 0 Å². The summed E-state index contributed by atoms with van der Waals surface area (Å²) >= 11 is 7.13. The quantitative estimate of drug-likeness (QED) is 0.456. The molecule has 2 rings (SSSR count). The van der Waals surface area contributed by atoms with E-state index in [4.69, 9.17) is 4.74 Å². The topological polar surface area (TPSA) is 9.23 Å². The highest BCUT2D eigenvalue weighted by Crippen LogP contribution is 2.27. The minimum Gasteiger partial charge on any atom is -0.494 e. The van der Waals surface area contributed by atoms with E-state index in [0.29, 0.717) is 4.83 Å². The Hall–Kier alpha value is -0.800. The molecule has 0 radical (unpaired) electrons. The van der Waals surface area contributed by atoms with Crippen LogP contribution in [0.4, 0.5) is 0 Å². The lowest BCUT2D eigenvalue weighted by molar-refractivity contribution is 0.306. The van der Waals surface area contributed by atoms with Crippen molar-refractivity contribution in [1.29, 1.82) is 0 Å². The Morgan fingerprint density at radius 2 is 1.63 bits per heavy atom. The van der Waals surface area contributed by atoms with E-state index in [2.05, 4.69) is 56.1 Å². The van der Waals surface area contributed by atoms with E-state index in [0.717, 1.165) is 29.7 Å². The second-order valence-corrected chi connectivity index (χ2v) is 6.34. The number of halogens is 2. The van der Waals surface area contributed by atoms with E-state index >= 15 is 0 Å². The normalized spacial score (nSPS) is 12.1. The smallest absolute Gasteiger partial charge is 0.119 e. The zero-order chi connectivity index (χ0) is 13.5. The molecule has 0 heterocycles. The van der Waals surface area contributed by atoms with E-state index < -0.39 is 0 Å². The van der Waals surface area contributed by atoms with Crippen molar-refractivity contribution in [1.82, 2.24) is 0 Å². The van der Waals surface area contributed by atoms with Crippen LogP contribution < -0.4 is 4.74 Å². The Morgan fingerprint density at radius 1 is 0.947 bits per heavy atom. The Kier molecular flexibility index (Phi) is 5.93. The van der Waals surface area contributed by atoms with Gasteiger partial charge < -0.3 is 4.74 Å². The molecule has 3 heteroatoms. The molecule has 0 amide bonds. The number of alkyl halides is 1. The highest BCUT2D eigenvalue weighted by atomic mass is 79.9. The molecule has 0 fully saturated rings. The fourth-order valence-corrected chi connectivity index (χ4v) is 2.71. The lowest BCUT2D eigenvalue weighted by Gasteiger charge is -2.11. The van der Waals surface area contributed by atoms with Crippen LogP contribution in [0.1, 0.15) is 23.2 Å². The molecular weight excluding hydrogens is 368 g/mol. The Morgan fingerprint density at radius 3 is 2.32 bits per heavy atom. The maximum Gasteiger partial charge on any atom is 0.119 e. The third-order valence-electron chi connectivity index (χ3n) is 2.85. The molecule has 19 heavy (non-hydrogen) atoms. The summed E-state index contributed by atoms with van der Waals surface area (Å²) in [5, 5.41) is 0. The molecule has 1 atom stereocenters. The van der Waals surface area contributed by atoms with Gasteiger partial charge in [-0.25, -0.2) is 0 Å². The third-order valence-corrected chi connectivity index (χ3v) is 4.36. The molecule has 0 aliphatic heterocycles. The molecule has 0 aromatic heterocycles. The van der Waals surface area contributed by atoms with Crippen LogP contribution >= 0.6 is 31.9 Å². The van der Waals surface area contributed by atoms with Crippen molar-refractivity contribution in [3.8, 4) is 5.75 Å². The predicted octanol–water partition coefficient (Wildman–Crippen LogP) is 5.74. The molecule has 0 aliphatic rings. The van der Waals surface area contributed by atoms with Crippen LogP contribution in [0, 0.1) is 0 Å². The Bertz CT molecular complexity index is 482. The maximum atomic E-state index is 5.71. The largest absolute Gasteiger partial charge is 0.494 e. The second-order valence-electron chi connectivity index (χ2n) is 4.32. The van der Waals surface area contributed by atoms with Crippen LogP contribution in [0.2, 0.25) is 0 Å². The van der Waals surface area contributed by atoms with Crippen LogP contribution in [0.3, 0.4) is 0 Å². The van der Waals surface area contributed by atoms with Crippen molar-refractivity contribution in [3.05, 3.63) is 64.6 Å². The number of ether oxygens (including phenoxy) is 1. The highest BCUT2D eigenvalue weighted by molar-refractivity contribution is 9.10. The second kappa shape index (κ2) is 7.71. The van der Waals surface area contributed by atoms with Crippen molar-refractivity contribution in [2.75, 3.05) is 6.61 Å². The molecule has 0 saturated carbocycles. The first-order valence-corrected chi connectivity index (χ1v) is 8.04. The molecule has 0 bridgehead atoms. The van der Waals surface area contributed by atoms with Gasteiger partial charge in [0.2, 0.25) is 0 Å². The number of hydrogen-bond acceptors (Lipinski definition) is 1. The van der Waals surface area contributed by atoms with Gasteiger partial charge in [-0.15, -0.1) is 0 Å². The first-order chi connectivity index (χ1) is 9.25. The van der Waals surface area contributed by atoms with E-state index in [1.807, 2.05) is 30.3 Å². The van der Waals surface area contributed by atoms with E-state index in [9.17, 15) is 0 Å². The molecule has 0 spiro atoms. The number of rotatable bonds is 6. The van der Waals surface area contributed by atoms with Gasteiger partial charge in [-0.2, -0.15) is 0 Å². The number of benzene rings is 2. The van der Waals surface area contributed by atoms with Crippen molar-refractivity contribution in [2.24, 2.45) is 0 Å². The minimum atomic E-state index is 0.405. The lowest BCUT2D eigenvalue weighted by Crippen LogP contribution is -1.99. The van der Waals surface area contributed by atoms with Gasteiger partial charge in [0.15, 0.2) is 0 Å². The molecule has 2 aromatic carbocycles. The molecule has 1 unspecified atom stereocenters. The molecule has 100 valence electrons. The van der Waals surface area contributed by atoms with Gasteiger partial charge in [0, 0.05) is 9.30 Å². The standard InChI is InChI=1S/C16H16Br2O/c17-14-8-10-15(11-9-14)19-12-4-7-16(18)13-5-2-1-3-6-13/h1-3,5-6,8-11,16H,4,7,12H2. The zero-order valence-corrected chi connectivity index (χ0v) is 13.7. The average Bonchev–Trinajstić information content (AvgIpc) is 2.46. The first-order valence-electron chi connectivity index (χ1n) is 6.33. The molecule has 0 saturated heterocycles. The summed E-state index contributed by atoms with van der Waals surface area (Å²) in [5.74, 6) is 0.925. The third kappa shape index (κ3) is 5.00. The average molecular weight is 384 g/mol. The molecule has 0 aliphatic carbocycles. The van der Waals surface area contributed by atoms with E-state index in [-0.39, 0.29) is 0 Å². The van der Waals surface area contributed by atoms with Gasteiger partial charge >= 0.3 is 0 Å². The fraction of sp³-hybridized carbons (Fsp3) is 0.250. The Balaban J connectivity index is 1.71. The van der Waals surface area contributed by atoms with Crippen molar-refractivity contribution in [2.45, 2.75) is 17.7 Å². The lowest BCUT2D eigenvalue weighted by atomic mass is 10.1. The van der Waals surface area contributed by atoms with Gasteiger partial charge in [-0.1, -0.05) is 62.2 Å². The first kappa shape index (κ1) is 14.6. The van der Waals surface area contributed by atoms with Crippen molar-refractivity contribution >= 4 is 31.9 Å². The van der Waals surface area contributed by atoms with Crippen molar-refractivity contribution < 1.29 is 4.74 Å². The predicted molar refractivity (Wildman–Crippen MR) is 87.0 cm³/mol. The summed E-state index contributed by atoms with van der Waals surface area (Å²) in [6, 6.07) is 18.4. The molecule has 0 N–H and O–H groups in total. The summed E-state index contributed by atoms with van der Waals surface area (Å²) in [5.41, 5.74) is 1.33. The summed E-state index contributed by atoms with van der Waals surface area (Å²) in [6.07, 6.45) is 2.10. The summed E-state index contributed by atoms with van der Waals surface area (Å²) in [6.45, 7) is 0.747. The van der Waals surface area contributed by atoms with Crippen LogP contribution in [0.25, 0.3) is 0 Å². The zero-order valence-electron chi connectivity index (χ0n) is 10.6. The molecular formula is C16H16Br2O. The highest BCUT2D eigenvalue weighted by Gasteiger charge is 2.06. The fourth-order valence-electron chi connectivity index (χ4n) is 1.81. The molecule has 1 nitrogen and oxygen atoms in total.